The monoisotopic (exact) mass is 356 g/mol. The number of hydrogen-bond acceptors (Lipinski definition) is 5. The van der Waals surface area contributed by atoms with Gasteiger partial charge in [-0.3, -0.25) is 9.69 Å². The van der Waals surface area contributed by atoms with Gasteiger partial charge in [0.25, 0.3) is 0 Å². The van der Waals surface area contributed by atoms with Crippen LogP contribution >= 0.6 is 0 Å². The van der Waals surface area contributed by atoms with E-state index in [1.54, 1.807) is 24.3 Å². The fourth-order valence-corrected chi connectivity index (χ4v) is 4.12. The molecule has 1 aliphatic carbocycles. The predicted octanol–water partition coefficient (Wildman–Crippen LogP) is 2.90. The van der Waals surface area contributed by atoms with Crippen LogP contribution in [0.15, 0.2) is 42.6 Å². The van der Waals surface area contributed by atoms with Crippen LogP contribution in [-0.4, -0.2) is 46.5 Å². The molecule has 136 valence electrons. The average Bonchev–Trinajstić information content (AvgIpc) is 3.15. The minimum absolute atomic E-state index is 0.0378. The Hall–Kier alpha value is -2.47. The lowest BCUT2D eigenvalue weighted by Gasteiger charge is -2.19. The Morgan fingerprint density at radius 2 is 1.92 bits per heavy atom. The van der Waals surface area contributed by atoms with Crippen LogP contribution in [-0.2, 0) is 0 Å². The molecule has 4 rings (SSSR count). The zero-order chi connectivity index (χ0) is 18.1. The molecule has 0 radical (unpaired) electrons. The second kappa shape index (κ2) is 7.03. The van der Waals surface area contributed by atoms with Crippen molar-refractivity contribution in [1.29, 1.82) is 0 Å². The molecule has 1 N–H and O–H groups in total. The van der Waals surface area contributed by atoms with Gasteiger partial charge in [-0.1, -0.05) is 12.1 Å². The molecule has 2 heterocycles. The Morgan fingerprint density at radius 1 is 1.19 bits per heavy atom. The quantitative estimate of drug-likeness (QED) is 0.835. The number of fused-ring (bicyclic) bond motifs is 1. The third-order valence-corrected chi connectivity index (χ3v) is 5.31. The number of aromatic nitrogens is 1. The van der Waals surface area contributed by atoms with Gasteiger partial charge >= 0.3 is 0 Å². The van der Waals surface area contributed by atoms with Crippen LogP contribution in [0.4, 0.5) is 4.39 Å². The largest absolute Gasteiger partial charge is 0.506 e. The highest BCUT2D eigenvalue weighted by Crippen LogP contribution is 2.40. The van der Waals surface area contributed by atoms with Crippen molar-refractivity contribution in [3.63, 3.8) is 0 Å². The first-order valence-corrected chi connectivity index (χ1v) is 8.90. The van der Waals surface area contributed by atoms with E-state index >= 15 is 0 Å². The fourth-order valence-electron chi connectivity index (χ4n) is 4.12. The van der Waals surface area contributed by atoms with Crippen molar-refractivity contribution in [3.8, 4) is 11.5 Å². The number of Topliss-reactive ketones (excluding diaryl/α,β-unsaturated/α-hetero) is 1. The average molecular weight is 356 g/mol. The predicted molar refractivity (Wildman–Crippen MR) is 93.7 cm³/mol. The molecule has 1 aliphatic heterocycles. The second-order valence-electron chi connectivity index (χ2n) is 7.18. The third-order valence-electron chi connectivity index (χ3n) is 5.31. The number of pyridine rings is 1. The van der Waals surface area contributed by atoms with E-state index in [2.05, 4.69) is 9.88 Å². The molecule has 2 aliphatic rings. The summed E-state index contributed by atoms with van der Waals surface area (Å²) in [5.74, 6) is 0.975. The number of carbonyl (C=O) groups excluding carboxylic acids is 1. The topological polar surface area (TPSA) is 62.7 Å². The van der Waals surface area contributed by atoms with Gasteiger partial charge in [0.2, 0.25) is 0 Å². The highest BCUT2D eigenvalue weighted by atomic mass is 19.1. The van der Waals surface area contributed by atoms with E-state index in [0.717, 1.165) is 25.9 Å². The van der Waals surface area contributed by atoms with Gasteiger partial charge < -0.3 is 9.84 Å². The number of aromatic hydroxyl groups is 1. The van der Waals surface area contributed by atoms with Crippen molar-refractivity contribution in [3.05, 3.63) is 54.1 Å². The van der Waals surface area contributed by atoms with E-state index < -0.39 is 0 Å². The molecule has 1 saturated heterocycles. The number of benzene rings is 1. The van der Waals surface area contributed by atoms with Crippen LogP contribution in [0.25, 0.3) is 0 Å². The van der Waals surface area contributed by atoms with Crippen LogP contribution in [0, 0.1) is 17.7 Å². The lowest BCUT2D eigenvalue weighted by molar-refractivity contribution is 0.0931. The minimum Gasteiger partial charge on any atom is -0.506 e. The summed E-state index contributed by atoms with van der Waals surface area (Å²) in [6, 6.07) is 9.54. The van der Waals surface area contributed by atoms with Crippen LogP contribution in [0.3, 0.4) is 0 Å². The maximum absolute atomic E-state index is 13.7. The number of hydrogen-bond donors (Lipinski definition) is 1. The van der Waals surface area contributed by atoms with E-state index in [1.807, 2.05) is 0 Å². The smallest absolute Gasteiger partial charge is 0.195 e. The van der Waals surface area contributed by atoms with Gasteiger partial charge in [0.1, 0.15) is 11.4 Å². The Bertz CT molecular complexity index is 782. The molecule has 3 atom stereocenters. The molecule has 2 aromatic rings. The van der Waals surface area contributed by atoms with Crippen molar-refractivity contribution in [2.45, 2.75) is 18.9 Å². The number of carbonyl (C=O) groups is 1. The summed E-state index contributed by atoms with van der Waals surface area (Å²) < 4.78 is 19.6. The molecule has 5 nitrogen and oxygen atoms in total. The standard InChI is InChI=1S/C20H21FN2O3/c21-17-3-1-2-4-20(17)26-16-7-13-10-23(11-14(13)8-16)12-19(25)18-6-5-15(24)9-22-18/h1-6,9,13-14,16,24H,7-8,10-12H2/t13-,14+,16+. The van der Waals surface area contributed by atoms with E-state index in [4.69, 9.17) is 4.74 Å². The van der Waals surface area contributed by atoms with Crippen molar-refractivity contribution in [1.82, 2.24) is 9.88 Å². The molecule has 0 bridgehead atoms. The molecule has 2 fully saturated rings. The van der Waals surface area contributed by atoms with Crippen LogP contribution < -0.4 is 4.74 Å². The summed E-state index contributed by atoms with van der Waals surface area (Å²) >= 11 is 0. The highest BCUT2D eigenvalue weighted by Gasteiger charge is 2.42. The van der Waals surface area contributed by atoms with Gasteiger partial charge in [0.15, 0.2) is 17.3 Å². The van der Waals surface area contributed by atoms with Gasteiger partial charge in [-0.05, 0) is 48.9 Å². The first-order chi connectivity index (χ1) is 12.6. The molecule has 1 saturated carbocycles. The SMILES string of the molecule is O=C(CN1C[C@H]2C[C@H](Oc3ccccc3F)C[C@H]2C1)c1ccc(O)cn1. The first-order valence-electron chi connectivity index (χ1n) is 8.90. The zero-order valence-corrected chi connectivity index (χ0v) is 14.3. The third kappa shape index (κ3) is 3.55. The molecular formula is C20H21FN2O3. The van der Waals surface area contributed by atoms with E-state index in [0.29, 0.717) is 29.8 Å². The zero-order valence-electron chi connectivity index (χ0n) is 14.3. The lowest BCUT2D eigenvalue weighted by Crippen LogP contribution is -2.30. The Morgan fingerprint density at radius 3 is 2.58 bits per heavy atom. The normalized spacial score (nSPS) is 25.2. The molecular weight excluding hydrogens is 335 g/mol. The molecule has 0 unspecified atom stereocenters. The van der Waals surface area contributed by atoms with Crippen molar-refractivity contribution in [2.75, 3.05) is 19.6 Å². The summed E-state index contributed by atoms with van der Waals surface area (Å²) in [6.07, 6.45) is 3.11. The van der Waals surface area contributed by atoms with Gasteiger partial charge in [-0.15, -0.1) is 0 Å². The summed E-state index contributed by atoms with van der Waals surface area (Å²) in [6.45, 7) is 2.04. The van der Waals surface area contributed by atoms with Gasteiger partial charge in [-0.25, -0.2) is 9.37 Å². The van der Waals surface area contributed by atoms with Crippen molar-refractivity contribution in [2.24, 2.45) is 11.8 Å². The van der Waals surface area contributed by atoms with Crippen molar-refractivity contribution >= 4 is 5.78 Å². The van der Waals surface area contributed by atoms with Crippen LogP contribution in [0.1, 0.15) is 23.3 Å². The number of ketones is 1. The molecule has 26 heavy (non-hydrogen) atoms. The molecule has 1 aromatic heterocycles. The summed E-state index contributed by atoms with van der Waals surface area (Å²) in [7, 11) is 0. The number of rotatable bonds is 5. The van der Waals surface area contributed by atoms with Crippen LogP contribution in [0.2, 0.25) is 0 Å². The van der Waals surface area contributed by atoms with Crippen molar-refractivity contribution < 1.29 is 19.0 Å². The Labute approximate surface area is 151 Å². The Kier molecular flexibility index (Phi) is 4.59. The van der Waals surface area contributed by atoms with E-state index in [9.17, 15) is 14.3 Å². The summed E-state index contributed by atoms with van der Waals surface area (Å²) in [4.78, 5) is 18.5. The van der Waals surface area contributed by atoms with Gasteiger partial charge in [-0.2, -0.15) is 0 Å². The maximum Gasteiger partial charge on any atom is 0.195 e. The number of halogens is 1. The summed E-state index contributed by atoms with van der Waals surface area (Å²) in [5, 5.41) is 9.26. The molecule has 1 aromatic carbocycles. The van der Waals surface area contributed by atoms with E-state index in [-0.39, 0.29) is 23.5 Å². The lowest BCUT2D eigenvalue weighted by atomic mass is 10.0. The number of para-hydroxylation sites is 1. The first kappa shape index (κ1) is 17.0. The number of nitrogens with zero attached hydrogens (tertiary/aromatic N) is 2. The molecule has 0 amide bonds. The number of likely N-dealkylation sites (tertiary alicyclic amines) is 1. The van der Waals surface area contributed by atoms with Gasteiger partial charge in [0, 0.05) is 13.1 Å². The molecule has 6 heteroatoms. The maximum atomic E-state index is 13.7. The summed E-state index contributed by atoms with van der Waals surface area (Å²) in [5.41, 5.74) is 0.376. The van der Waals surface area contributed by atoms with Crippen LogP contribution in [0.5, 0.6) is 11.5 Å². The van der Waals surface area contributed by atoms with E-state index in [1.165, 1.54) is 18.3 Å². The van der Waals surface area contributed by atoms with Gasteiger partial charge in [0.05, 0.1) is 18.8 Å². The molecule has 0 spiro atoms. The highest BCUT2D eigenvalue weighted by molar-refractivity contribution is 5.95. The Balaban J connectivity index is 1.30. The second-order valence-corrected chi connectivity index (χ2v) is 7.18. The fraction of sp³-hybridized carbons (Fsp3) is 0.400. The number of ether oxygens (including phenoxy) is 1. The minimum atomic E-state index is -0.321.